The molecule has 0 aliphatic carbocycles. The van der Waals surface area contributed by atoms with Crippen molar-refractivity contribution in [3.63, 3.8) is 0 Å². The Morgan fingerprint density at radius 1 is 1.06 bits per heavy atom. The standard InChI is InChI=1S/C21H23F3N6S/c1-30(2)11-5-10-26-20-28-18(15-6-4-9-25-14-15)13-19(29-20)27-16-7-3-8-17(12-16)31-21(22,23)24/h3-4,6-9,12-14H,5,10-11H2,1-2H3,(H2,26,27,28,29). The van der Waals surface area contributed by atoms with Gasteiger partial charge in [0.15, 0.2) is 0 Å². The lowest BCUT2D eigenvalue weighted by molar-refractivity contribution is -0.0328. The van der Waals surface area contributed by atoms with Crippen LogP contribution in [0.2, 0.25) is 0 Å². The molecular weight excluding hydrogens is 425 g/mol. The molecule has 0 radical (unpaired) electrons. The normalized spacial score (nSPS) is 11.5. The van der Waals surface area contributed by atoms with Gasteiger partial charge in [-0.25, -0.2) is 4.98 Å². The maximum atomic E-state index is 12.7. The fourth-order valence-electron chi connectivity index (χ4n) is 2.77. The van der Waals surface area contributed by atoms with Gasteiger partial charge >= 0.3 is 5.51 Å². The number of anilines is 3. The number of rotatable bonds is 9. The van der Waals surface area contributed by atoms with Crippen molar-refractivity contribution in [2.24, 2.45) is 0 Å². The summed E-state index contributed by atoms with van der Waals surface area (Å²) < 4.78 is 38.1. The van der Waals surface area contributed by atoms with E-state index in [0.29, 0.717) is 29.7 Å². The molecule has 2 heterocycles. The van der Waals surface area contributed by atoms with E-state index >= 15 is 0 Å². The minimum absolute atomic E-state index is 0.0982. The SMILES string of the molecule is CN(C)CCCNc1nc(Nc2cccc(SC(F)(F)F)c2)cc(-c2cccnc2)n1. The van der Waals surface area contributed by atoms with Gasteiger partial charge in [-0.05, 0) is 69.2 Å². The maximum Gasteiger partial charge on any atom is 0.446 e. The molecule has 0 unspecified atom stereocenters. The Hall–Kier alpha value is -2.85. The number of hydrogen-bond acceptors (Lipinski definition) is 7. The topological polar surface area (TPSA) is 66.0 Å². The van der Waals surface area contributed by atoms with E-state index in [-0.39, 0.29) is 16.7 Å². The first-order valence-corrected chi connectivity index (χ1v) is 10.4. The Kier molecular flexibility index (Phi) is 7.69. The fourth-order valence-corrected chi connectivity index (χ4v) is 3.37. The molecule has 2 aromatic heterocycles. The third-order valence-corrected chi connectivity index (χ3v) is 4.81. The Labute approximate surface area is 183 Å². The largest absolute Gasteiger partial charge is 0.446 e. The highest BCUT2D eigenvalue weighted by atomic mass is 32.2. The van der Waals surface area contributed by atoms with Crippen LogP contribution in [0, 0.1) is 0 Å². The Bertz CT molecular complexity index is 982. The molecule has 0 aliphatic heterocycles. The van der Waals surface area contributed by atoms with Crippen LogP contribution in [0.3, 0.4) is 0 Å². The molecule has 2 N–H and O–H groups in total. The number of benzene rings is 1. The second-order valence-corrected chi connectivity index (χ2v) is 8.13. The van der Waals surface area contributed by atoms with E-state index in [1.807, 2.05) is 26.2 Å². The Morgan fingerprint density at radius 2 is 1.90 bits per heavy atom. The van der Waals surface area contributed by atoms with Crippen molar-refractivity contribution in [3.8, 4) is 11.3 Å². The highest BCUT2D eigenvalue weighted by molar-refractivity contribution is 8.00. The molecule has 6 nitrogen and oxygen atoms in total. The molecule has 0 bridgehead atoms. The molecule has 10 heteroatoms. The van der Waals surface area contributed by atoms with Crippen LogP contribution in [0.25, 0.3) is 11.3 Å². The molecule has 0 saturated heterocycles. The number of hydrogen-bond donors (Lipinski definition) is 2. The summed E-state index contributed by atoms with van der Waals surface area (Å²) in [6.07, 6.45) is 4.28. The van der Waals surface area contributed by atoms with Gasteiger partial charge in [-0.3, -0.25) is 4.98 Å². The average molecular weight is 449 g/mol. The van der Waals surface area contributed by atoms with Crippen LogP contribution in [0.15, 0.2) is 59.8 Å². The van der Waals surface area contributed by atoms with E-state index in [1.165, 1.54) is 12.1 Å². The third-order valence-electron chi connectivity index (χ3n) is 4.09. The van der Waals surface area contributed by atoms with Crippen LogP contribution in [-0.2, 0) is 0 Å². The molecule has 0 aliphatic rings. The zero-order valence-electron chi connectivity index (χ0n) is 17.1. The van der Waals surface area contributed by atoms with Crippen molar-refractivity contribution in [2.45, 2.75) is 16.8 Å². The maximum absolute atomic E-state index is 12.7. The van der Waals surface area contributed by atoms with Crippen molar-refractivity contribution >= 4 is 29.2 Å². The smallest absolute Gasteiger partial charge is 0.354 e. The van der Waals surface area contributed by atoms with Crippen LogP contribution >= 0.6 is 11.8 Å². The average Bonchev–Trinajstić information content (AvgIpc) is 2.71. The molecule has 0 fully saturated rings. The highest BCUT2D eigenvalue weighted by Gasteiger charge is 2.29. The second-order valence-electron chi connectivity index (χ2n) is 6.99. The van der Waals surface area contributed by atoms with Crippen molar-refractivity contribution in [1.29, 1.82) is 0 Å². The van der Waals surface area contributed by atoms with Crippen molar-refractivity contribution in [2.75, 3.05) is 37.8 Å². The highest BCUT2D eigenvalue weighted by Crippen LogP contribution is 2.37. The molecule has 164 valence electrons. The lowest BCUT2D eigenvalue weighted by Gasteiger charge is -2.13. The van der Waals surface area contributed by atoms with E-state index in [4.69, 9.17) is 0 Å². The van der Waals surface area contributed by atoms with E-state index in [0.717, 1.165) is 18.5 Å². The number of nitrogens with zero attached hydrogens (tertiary/aromatic N) is 4. The minimum atomic E-state index is -4.34. The van der Waals surface area contributed by atoms with Crippen molar-refractivity contribution < 1.29 is 13.2 Å². The summed E-state index contributed by atoms with van der Waals surface area (Å²) in [6, 6.07) is 11.6. The second kappa shape index (κ2) is 10.5. The third kappa shape index (κ3) is 7.72. The molecule has 0 spiro atoms. The van der Waals surface area contributed by atoms with Gasteiger partial charge in [0.2, 0.25) is 5.95 Å². The summed E-state index contributed by atoms with van der Waals surface area (Å²) in [4.78, 5) is 15.4. The predicted molar refractivity (Wildman–Crippen MR) is 119 cm³/mol. The monoisotopic (exact) mass is 448 g/mol. The van der Waals surface area contributed by atoms with Gasteiger partial charge < -0.3 is 15.5 Å². The Balaban J connectivity index is 1.83. The van der Waals surface area contributed by atoms with Crippen molar-refractivity contribution in [3.05, 3.63) is 54.9 Å². The van der Waals surface area contributed by atoms with Gasteiger partial charge in [0, 0.05) is 41.2 Å². The zero-order valence-corrected chi connectivity index (χ0v) is 18.0. The van der Waals surface area contributed by atoms with Crippen LogP contribution in [0.4, 0.5) is 30.6 Å². The number of thioether (sulfide) groups is 1. The van der Waals surface area contributed by atoms with Crippen LogP contribution in [0.1, 0.15) is 6.42 Å². The van der Waals surface area contributed by atoms with Gasteiger partial charge in [-0.1, -0.05) is 6.07 Å². The number of halogens is 3. The lowest BCUT2D eigenvalue weighted by atomic mass is 10.2. The summed E-state index contributed by atoms with van der Waals surface area (Å²) in [5.41, 5.74) is -2.37. The molecule has 0 amide bonds. The number of alkyl halides is 3. The number of aromatic nitrogens is 3. The summed E-state index contributed by atoms with van der Waals surface area (Å²) in [6.45, 7) is 1.61. The van der Waals surface area contributed by atoms with E-state index < -0.39 is 5.51 Å². The molecule has 3 aromatic rings. The first kappa shape index (κ1) is 22.8. The van der Waals surface area contributed by atoms with Gasteiger partial charge in [0.1, 0.15) is 5.82 Å². The molecular formula is C21H23F3N6S. The van der Waals surface area contributed by atoms with Gasteiger partial charge in [0.25, 0.3) is 0 Å². The molecule has 1 aromatic carbocycles. The summed E-state index contributed by atoms with van der Waals surface area (Å²) in [7, 11) is 4.01. The first-order chi connectivity index (χ1) is 14.8. The van der Waals surface area contributed by atoms with Crippen LogP contribution in [-0.4, -0.2) is 52.5 Å². The number of nitrogens with one attached hydrogen (secondary N) is 2. The van der Waals surface area contributed by atoms with Gasteiger partial charge in [-0.2, -0.15) is 18.2 Å². The van der Waals surface area contributed by atoms with Crippen LogP contribution < -0.4 is 10.6 Å². The minimum Gasteiger partial charge on any atom is -0.354 e. The predicted octanol–water partition coefficient (Wildman–Crippen LogP) is 5.26. The first-order valence-electron chi connectivity index (χ1n) is 9.59. The van der Waals surface area contributed by atoms with Crippen LogP contribution in [0.5, 0.6) is 0 Å². The van der Waals surface area contributed by atoms with E-state index in [9.17, 15) is 13.2 Å². The summed E-state index contributed by atoms with van der Waals surface area (Å²) >= 11 is -0.153. The van der Waals surface area contributed by atoms with Gasteiger partial charge in [-0.15, -0.1) is 0 Å². The quantitative estimate of drug-likeness (QED) is 0.342. The summed E-state index contributed by atoms with van der Waals surface area (Å²) in [5.74, 6) is 0.904. The lowest BCUT2D eigenvalue weighted by Crippen LogP contribution is -2.17. The van der Waals surface area contributed by atoms with Gasteiger partial charge in [0.05, 0.1) is 5.69 Å². The summed E-state index contributed by atoms with van der Waals surface area (Å²) in [5, 5.41) is 6.31. The van der Waals surface area contributed by atoms with Crippen molar-refractivity contribution in [1.82, 2.24) is 19.9 Å². The molecule has 3 rings (SSSR count). The molecule has 31 heavy (non-hydrogen) atoms. The fraction of sp³-hybridized carbons (Fsp3) is 0.286. The Morgan fingerprint density at radius 3 is 2.61 bits per heavy atom. The van der Waals surface area contributed by atoms with E-state index in [2.05, 4.69) is 30.5 Å². The zero-order chi connectivity index (χ0) is 22.3. The molecule has 0 atom stereocenters. The molecule has 0 saturated carbocycles. The van der Waals surface area contributed by atoms with E-state index in [1.54, 1.807) is 30.6 Å². The number of pyridine rings is 1.